The molecule has 0 unspecified atom stereocenters. The lowest BCUT2D eigenvalue weighted by atomic mass is 10.3. The molecule has 0 aliphatic carbocycles. The molecule has 1 saturated heterocycles. The molecule has 152 valence electrons. The second kappa shape index (κ2) is 9.13. The molecule has 1 aromatic carbocycles. The van der Waals surface area contributed by atoms with E-state index in [-0.39, 0.29) is 5.91 Å². The first kappa shape index (κ1) is 19.5. The Labute approximate surface area is 174 Å². The number of thiazole rings is 1. The molecule has 0 spiro atoms. The van der Waals surface area contributed by atoms with Gasteiger partial charge in [0.2, 0.25) is 5.91 Å². The number of hydrogen-bond donors (Lipinski definition) is 0. The number of para-hydroxylation sites is 2. The second-order valence-corrected chi connectivity index (χ2v) is 7.72. The first-order valence-electron chi connectivity index (χ1n) is 10.0. The van der Waals surface area contributed by atoms with Crippen molar-refractivity contribution in [3.63, 3.8) is 0 Å². The highest BCUT2D eigenvalue weighted by Crippen LogP contribution is 2.27. The number of carbonyl (C=O) groups excluding carboxylic acids is 1. The minimum atomic E-state index is 0.266. The monoisotopic (exact) mass is 411 g/mol. The summed E-state index contributed by atoms with van der Waals surface area (Å²) in [4.78, 5) is 19.6. The fourth-order valence-electron chi connectivity index (χ4n) is 3.55. The average Bonchev–Trinajstić information content (AvgIpc) is 3.46. The average molecular weight is 412 g/mol. The molecule has 2 aromatic heterocycles. The van der Waals surface area contributed by atoms with Crippen molar-refractivity contribution in [3.05, 3.63) is 52.8 Å². The van der Waals surface area contributed by atoms with Gasteiger partial charge in [-0.15, -0.1) is 11.3 Å². The minimum absolute atomic E-state index is 0.266. The highest BCUT2D eigenvalue weighted by atomic mass is 32.1. The number of rotatable bonds is 8. The van der Waals surface area contributed by atoms with Gasteiger partial charge in [0.1, 0.15) is 11.4 Å². The third kappa shape index (κ3) is 4.45. The molecule has 6 nitrogen and oxygen atoms in total. The predicted octanol–water partition coefficient (Wildman–Crippen LogP) is 4.45. The van der Waals surface area contributed by atoms with Crippen LogP contribution in [0.25, 0.3) is 11.5 Å². The van der Waals surface area contributed by atoms with Gasteiger partial charge in [0.15, 0.2) is 10.6 Å². The number of carbonyl (C=O) groups is 1. The fourth-order valence-corrected chi connectivity index (χ4v) is 4.48. The summed E-state index contributed by atoms with van der Waals surface area (Å²) in [6, 6.07) is 11.7. The molecule has 4 rings (SSSR count). The van der Waals surface area contributed by atoms with Crippen molar-refractivity contribution in [3.8, 4) is 17.2 Å². The smallest absolute Gasteiger partial charge is 0.222 e. The van der Waals surface area contributed by atoms with Crippen molar-refractivity contribution in [1.82, 2.24) is 9.47 Å². The van der Waals surface area contributed by atoms with Crippen molar-refractivity contribution >= 4 is 22.9 Å². The summed E-state index contributed by atoms with van der Waals surface area (Å²) in [5.74, 6) is 1.86. The van der Waals surface area contributed by atoms with Gasteiger partial charge in [-0.25, -0.2) is 4.99 Å². The third-order valence-corrected chi connectivity index (χ3v) is 5.80. The van der Waals surface area contributed by atoms with Gasteiger partial charge in [-0.2, -0.15) is 0 Å². The van der Waals surface area contributed by atoms with E-state index in [1.165, 1.54) is 0 Å². The van der Waals surface area contributed by atoms with Crippen LogP contribution in [-0.4, -0.2) is 35.1 Å². The number of furan rings is 1. The van der Waals surface area contributed by atoms with E-state index in [0.717, 1.165) is 60.2 Å². The van der Waals surface area contributed by atoms with Gasteiger partial charge in [0, 0.05) is 31.4 Å². The normalized spacial score (nSPS) is 14.7. The van der Waals surface area contributed by atoms with Crippen LogP contribution >= 0.6 is 11.3 Å². The molecular weight excluding hydrogens is 386 g/mol. The van der Waals surface area contributed by atoms with Crippen LogP contribution in [0.1, 0.15) is 26.2 Å². The van der Waals surface area contributed by atoms with Crippen LogP contribution in [0.15, 0.2) is 57.5 Å². The maximum Gasteiger partial charge on any atom is 0.222 e. The molecule has 1 aliphatic heterocycles. The van der Waals surface area contributed by atoms with E-state index < -0.39 is 0 Å². The maximum atomic E-state index is 11.9. The van der Waals surface area contributed by atoms with Gasteiger partial charge in [-0.05, 0) is 44.0 Å². The van der Waals surface area contributed by atoms with Crippen LogP contribution in [0.2, 0.25) is 0 Å². The molecule has 29 heavy (non-hydrogen) atoms. The predicted molar refractivity (Wildman–Crippen MR) is 113 cm³/mol. The number of benzene rings is 1. The number of nitrogens with zero attached hydrogens (tertiary/aromatic N) is 3. The zero-order valence-electron chi connectivity index (χ0n) is 16.5. The SMILES string of the molecule is CCOc1ccccc1N=c1scc(-c2ccco2)n1CCCN1CCCC1=O. The minimum Gasteiger partial charge on any atom is -0.492 e. The summed E-state index contributed by atoms with van der Waals surface area (Å²) in [5, 5.41) is 2.07. The van der Waals surface area contributed by atoms with Crippen molar-refractivity contribution < 1.29 is 13.9 Å². The number of aromatic nitrogens is 1. The Bertz CT molecular complexity index is 1020. The molecule has 0 atom stereocenters. The quantitative estimate of drug-likeness (QED) is 0.550. The fraction of sp³-hybridized carbons (Fsp3) is 0.364. The Morgan fingerprint density at radius 1 is 1.21 bits per heavy atom. The van der Waals surface area contributed by atoms with Gasteiger partial charge >= 0.3 is 0 Å². The van der Waals surface area contributed by atoms with Crippen LogP contribution in [0, 0.1) is 0 Å². The first-order chi connectivity index (χ1) is 14.3. The van der Waals surface area contributed by atoms with Crippen molar-refractivity contribution in [2.45, 2.75) is 32.7 Å². The summed E-state index contributed by atoms with van der Waals surface area (Å²) in [7, 11) is 0. The number of likely N-dealkylation sites (tertiary alicyclic amines) is 1. The molecule has 0 saturated carbocycles. The molecule has 7 heteroatoms. The Kier molecular flexibility index (Phi) is 6.14. The molecule has 1 aliphatic rings. The van der Waals surface area contributed by atoms with Crippen LogP contribution < -0.4 is 9.54 Å². The molecule has 3 heterocycles. The lowest BCUT2D eigenvalue weighted by Gasteiger charge is -2.16. The lowest BCUT2D eigenvalue weighted by molar-refractivity contribution is -0.127. The van der Waals surface area contributed by atoms with Crippen molar-refractivity contribution in [1.29, 1.82) is 0 Å². The Morgan fingerprint density at radius 3 is 2.86 bits per heavy atom. The first-order valence-corrected chi connectivity index (χ1v) is 10.9. The summed E-state index contributed by atoms with van der Waals surface area (Å²) < 4.78 is 13.5. The molecule has 0 bridgehead atoms. The zero-order valence-corrected chi connectivity index (χ0v) is 17.4. The topological polar surface area (TPSA) is 60.0 Å². The molecular formula is C22H25N3O3S. The third-order valence-electron chi connectivity index (χ3n) is 4.93. The van der Waals surface area contributed by atoms with E-state index in [2.05, 4.69) is 9.95 Å². The summed E-state index contributed by atoms with van der Waals surface area (Å²) in [6.45, 7) is 4.97. The molecule has 1 fully saturated rings. The number of ether oxygens (including phenoxy) is 1. The second-order valence-electron chi connectivity index (χ2n) is 6.88. The molecule has 0 radical (unpaired) electrons. The lowest BCUT2D eigenvalue weighted by Crippen LogP contribution is -2.27. The zero-order chi connectivity index (χ0) is 20.1. The van der Waals surface area contributed by atoms with Crippen LogP contribution in [0.4, 0.5) is 5.69 Å². The van der Waals surface area contributed by atoms with Crippen molar-refractivity contribution in [2.24, 2.45) is 4.99 Å². The Hall–Kier alpha value is -2.80. The standard InChI is InChI=1S/C22H25N3O3S/c1-2-27-19-9-4-3-8-17(19)23-22-25(14-7-13-24-12-5-11-21(24)26)18(16-29-22)20-10-6-15-28-20/h3-4,6,8-10,15-16H,2,5,7,11-14H2,1H3. The van der Waals surface area contributed by atoms with Gasteiger partial charge in [0.25, 0.3) is 0 Å². The molecule has 3 aromatic rings. The number of amides is 1. The van der Waals surface area contributed by atoms with Gasteiger partial charge in [-0.3, -0.25) is 4.79 Å². The number of hydrogen-bond acceptors (Lipinski definition) is 5. The Morgan fingerprint density at radius 2 is 2.10 bits per heavy atom. The highest BCUT2D eigenvalue weighted by Gasteiger charge is 2.19. The van der Waals surface area contributed by atoms with Gasteiger partial charge in [-0.1, -0.05) is 12.1 Å². The van der Waals surface area contributed by atoms with E-state index in [4.69, 9.17) is 14.1 Å². The van der Waals surface area contributed by atoms with Gasteiger partial charge in [0.05, 0.1) is 18.6 Å². The van der Waals surface area contributed by atoms with Crippen LogP contribution in [0.3, 0.4) is 0 Å². The largest absolute Gasteiger partial charge is 0.492 e. The van der Waals surface area contributed by atoms with E-state index in [0.29, 0.717) is 13.0 Å². The van der Waals surface area contributed by atoms with Crippen LogP contribution in [0.5, 0.6) is 5.75 Å². The van der Waals surface area contributed by atoms with E-state index >= 15 is 0 Å². The maximum absolute atomic E-state index is 11.9. The van der Waals surface area contributed by atoms with Gasteiger partial charge < -0.3 is 18.6 Å². The van der Waals surface area contributed by atoms with E-state index in [1.807, 2.05) is 48.2 Å². The molecule has 0 N–H and O–H groups in total. The van der Waals surface area contributed by atoms with Crippen molar-refractivity contribution in [2.75, 3.05) is 19.7 Å². The molecule has 1 amide bonds. The van der Waals surface area contributed by atoms with Crippen LogP contribution in [-0.2, 0) is 11.3 Å². The highest BCUT2D eigenvalue weighted by molar-refractivity contribution is 7.07. The van der Waals surface area contributed by atoms with E-state index in [9.17, 15) is 4.79 Å². The van der Waals surface area contributed by atoms with E-state index in [1.54, 1.807) is 17.6 Å². The summed E-state index contributed by atoms with van der Waals surface area (Å²) in [6.07, 6.45) is 4.20. The summed E-state index contributed by atoms with van der Waals surface area (Å²) in [5.41, 5.74) is 1.81. The Balaban J connectivity index is 1.64. The summed E-state index contributed by atoms with van der Waals surface area (Å²) >= 11 is 1.58.